The molecule has 0 unspecified atom stereocenters. The fraction of sp³-hybridized carbons (Fsp3) is 0.118. The number of rotatable bonds is 4. The van der Waals surface area contributed by atoms with Crippen LogP contribution in [-0.2, 0) is 5.41 Å². The van der Waals surface area contributed by atoms with Crippen LogP contribution in [-0.4, -0.2) is 4.57 Å². The van der Waals surface area contributed by atoms with E-state index in [0.717, 1.165) is 5.70 Å². The van der Waals surface area contributed by atoms with Crippen molar-refractivity contribution < 1.29 is 0 Å². The average Bonchev–Trinajstić information content (AvgIpc) is 3.23. The van der Waals surface area contributed by atoms with Gasteiger partial charge >= 0.3 is 0 Å². The highest BCUT2D eigenvalue weighted by Crippen LogP contribution is 2.52. The van der Waals surface area contributed by atoms with E-state index in [-0.39, 0.29) is 5.41 Å². The lowest BCUT2D eigenvalue weighted by Gasteiger charge is -2.42. The molecule has 0 atom stereocenters. The Labute approximate surface area is 213 Å². The minimum atomic E-state index is -0.0673. The van der Waals surface area contributed by atoms with Gasteiger partial charge in [-0.3, -0.25) is 0 Å². The maximum Gasteiger partial charge on any atom is 0.0542 e. The van der Waals surface area contributed by atoms with Crippen LogP contribution >= 0.6 is 0 Å². The molecule has 0 fully saturated rings. The first kappa shape index (κ1) is 22.2. The van der Waals surface area contributed by atoms with Gasteiger partial charge in [0.05, 0.1) is 22.4 Å². The standard InChI is InChI=1S/C34H30N2/c1-5-7-14-24(6-2)35-30-18-11-8-15-26(30)27-23-25(21-22-31(27)35)36-32-19-12-9-16-28(32)34(3,4)29-17-10-13-20-33(29)36/h5-23H,1H2,2-4H3/b14-7-,24-6+. The molecule has 5 aromatic rings. The number of anilines is 3. The quantitative estimate of drug-likeness (QED) is 0.239. The molecule has 2 heterocycles. The molecule has 6 rings (SSSR count). The molecule has 0 spiro atoms. The fourth-order valence-electron chi connectivity index (χ4n) is 5.79. The lowest BCUT2D eigenvalue weighted by Crippen LogP contribution is -2.30. The third-order valence-electron chi connectivity index (χ3n) is 7.51. The number of hydrogen-bond donors (Lipinski definition) is 0. The fourth-order valence-corrected chi connectivity index (χ4v) is 5.79. The van der Waals surface area contributed by atoms with Crippen molar-refractivity contribution >= 4 is 44.6 Å². The number of fused-ring (bicyclic) bond motifs is 5. The van der Waals surface area contributed by atoms with Crippen molar-refractivity contribution in [3.8, 4) is 0 Å². The second kappa shape index (κ2) is 8.42. The Balaban J connectivity index is 1.64. The predicted molar refractivity (Wildman–Crippen MR) is 156 cm³/mol. The molecule has 0 aliphatic carbocycles. The summed E-state index contributed by atoms with van der Waals surface area (Å²) in [5, 5.41) is 2.49. The minimum absolute atomic E-state index is 0.0673. The van der Waals surface area contributed by atoms with Crippen LogP contribution in [0.4, 0.5) is 17.1 Å². The van der Waals surface area contributed by atoms with Gasteiger partial charge < -0.3 is 9.47 Å². The van der Waals surface area contributed by atoms with Crippen molar-refractivity contribution in [2.75, 3.05) is 4.90 Å². The summed E-state index contributed by atoms with van der Waals surface area (Å²) in [5.41, 5.74) is 9.80. The van der Waals surface area contributed by atoms with Gasteiger partial charge in [-0.2, -0.15) is 0 Å². The minimum Gasteiger partial charge on any atom is -0.310 e. The van der Waals surface area contributed by atoms with E-state index in [2.05, 4.69) is 140 Å². The van der Waals surface area contributed by atoms with Crippen LogP contribution in [0.3, 0.4) is 0 Å². The Bertz CT molecular complexity index is 1640. The van der Waals surface area contributed by atoms with Crippen LogP contribution < -0.4 is 4.90 Å². The largest absolute Gasteiger partial charge is 0.310 e. The van der Waals surface area contributed by atoms with Gasteiger partial charge in [0.2, 0.25) is 0 Å². The molecular formula is C34H30N2. The second-order valence-electron chi connectivity index (χ2n) is 9.86. The van der Waals surface area contributed by atoms with E-state index in [1.165, 1.54) is 50.0 Å². The molecule has 1 aliphatic rings. The smallest absolute Gasteiger partial charge is 0.0542 e. The summed E-state index contributed by atoms with van der Waals surface area (Å²) in [5.74, 6) is 0. The van der Waals surface area contributed by atoms with E-state index in [9.17, 15) is 0 Å². The zero-order chi connectivity index (χ0) is 24.9. The summed E-state index contributed by atoms with van der Waals surface area (Å²) in [6.07, 6.45) is 8.08. The highest BCUT2D eigenvalue weighted by atomic mass is 15.2. The molecule has 1 aromatic heterocycles. The number of nitrogens with zero attached hydrogens (tertiary/aromatic N) is 2. The van der Waals surface area contributed by atoms with Crippen LogP contribution in [0.1, 0.15) is 31.9 Å². The highest BCUT2D eigenvalue weighted by Gasteiger charge is 2.36. The van der Waals surface area contributed by atoms with E-state index in [0.29, 0.717) is 0 Å². The van der Waals surface area contributed by atoms with Crippen LogP contribution in [0.25, 0.3) is 27.5 Å². The number of aromatic nitrogens is 1. The number of allylic oxidation sites excluding steroid dienone is 5. The summed E-state index contributed by atoms with van der Waals surface area (Å²) < 4.78 is 2.34. The topological polar surface area (TPSA) is 8.17 Å². The third-order valence-corrected chi connectivity index (χ3v) is 7.51. The van der Waals surface area contributed by atoms with E-state index in [4.69, 9.17) is 0 Å². The number of hydrogen-bond acceptors (Lipinski definition) is 1. The first-order valence-corrected chi connectivity index (χ1v) is 12.5. The van der Waals surface area contributed by atoms with Crippen molar-refractivity contribution in [2.24, 2.45) is 0 Å². The van der Waals surface area contributed by atoms with Gasteiger partial charge in [-0.25, -0.2) is 0 Å². The van der Waals surface area contributed by atoms with E-state index in [1.807, 2.05) is 12.2 Å². The third kappa shape index (κ3) is 3.18. The first-order chi connectivity index (χ1) is 17.6. The Morgan fingerprint density at radius 2 is 1.36 bits per heavy atom. The van der Waals surface area contributed by atoms with Gasteiger partial charge in [-0.1, -0.05) is 93.3 Å². The monoisotopic (exact) mass is 466 g/mol. The lowest BCUT2D eigenvalue weighted by atomic mass is 9.73. The Kier molecular flexibility index (Phi) is 5.19. The van der Waals surface area contributed by atoms with E-state index in [1.54, 1.807) is 0 Å². The zero-order valence-corrected chi connectivity index (χ0v) is 21.1. The maximum atomic E-state index is 3.85. The van der Waals surface area contributed by atoms with Gasteiger partial charge in [0.25, 0.3) is 0 Å². The van der Waals surface area contributed by atoms with Crippen molar-refractivity contribution in [3.63, 3.8) is 0 Å². The van der Waals surface area contributed by atoms with E-state index >= 15 is 0 Å². The molecular weight excluding hydrogens is 436 g/mol. The first-order valence-electron chi connectivity index (χ1n) is 12.5. The summed E-state index contributed by atoms with van der Waals surface area (Å²) >= 11 is 0. The second-order valence-corrected chi connectivity index (χ2v) is 9.86. The van der Waals surface area contributed by atoms with Crippen LogP contribution in [0.5, 0.6) is 0 Å². The molecule has 36 heavy (non-hydrogen) atoms. The SMILES string of the molecule is C=C/C=C\C(=C/C)n1c2ccccc2c2cc(N3c4ccccc4C(C)(C)c4ccccc43)ccc21. The molecule has 176 valence electrons. The Morgan fingerprint density at radius 3 is 2.03 bits per heavy atom. The van der Waals surface area contributed by atoms with Crippen molar-refractivity contribution in [2.45, 2.75) is 26.2 Å². The zero-order valence-electron chi connectivity index (χ0n) is 21.1. The molecule has 0 amide bonds. The van der Waals surface area contributed by atoms with Gasteiger partial charge in [-0.05, 0) is 60.5 Å². The Morgan fingerprint density at radius 1 is 0.750 bits per heavy atom. The summed E-state index contributed by atoms with van der Waals surface area (Å²) in [4.78, 5) is 2.43. The average molecular weight is 467 g/mol. The normalized spacial score (nSPS) is 14.9. The van der Waals surface area contributed by atoms with Gasteiger partial charge in [0.15, 0.2) is 0 Å². The Hall–Kier alpha value is -4.30. The summed E-state index contributed by atoms with van der Waals surface area (Å²) in [6.45, 7) is 10.6. The van der Waals surface area contributed by atoms with Crippen molar-refractivity contribution in [1.29, 1.82) is 0 Å². The van der Waals surface area contributed by atoms with Crippen LogP contribution in [0, 0.1) is 0 Å². The molecule has 0 bridgehead atoms. The van der Waals surface area contributed by atoms with Gasteiger partial charge in [0.1, 0.15) is 0 Å². The molecule has 1 aliphatic heterocycles. The van der Waals surface area contributed by atoms with Crippen molar-refractivity contribution in [3.05, 3.63) is 133 Å². The van der Waals surface area contributed by atoms with Crippen molar-refractivity contribution in [1.82, 2.24) is 4.57 Å². The van der Waals surface area contributed by atoms with Gasteiger partial charge in [-0.15, -0.1) is 0 Å². The molecule has 2 heteroatoms. The lowest BCUT2D eigenvalue weighted by molar-refractivity contribution is 0.632. The molecule has 4 aromatic carbocycles. The predicted octanol–water partition coefficient (Wildman–Crippen LogP) is 9.51. The molecule has 0 saturated heterocycles. The molecule has 0 radical (unpaired) electrons. The van der Waals surface area contributed by atoms with Gasteiger partial charge in [0, 0.05) is 27.6 Å². The summed E-state index contributed by atoms with van der Waals surface area (Å²) in [7, 11) is 0. The maximum absolute atomic E-state index is 3.85. The highest BCUT2D eigenvalue weighted by molar-refractivity contribution is 6.12. The number of benzene rings is 4. The molecule has 0 saturated carbocycles. The van der Waals surface area contributed by atoms with Crippen LogP contribution in [0.2, 0.25) is 0 Å². The molecule has 0 N–H and O–H groups in total. The molecule has 2 nitrogen and oxygen atoms in total. The summed E-state index contributed by atoms with van der Waals surface area (Å²) in [6, 6.07) is 33.2. The van der Waals surface area contributed by atoms with E-state index < -0.39 is 0 Å². The van der Waals surface area contributed by atoms with Crippen LogP contribution in [0.15, 0.2) is 122 Å². The number of para-hydroxylation sites is 3.